The van der Waals surface area contributed by atoms with E-state index in [-0.39, 0.29) is 0 Å². The quantitative estimate of drug-likeness (QED) is 0.683. The number of hydrogen-bond acceptors (Lipinski definition) is 3. The predicted molar refractivity (Wildman–Crippen MR) is 44.3 cm³/mol. The van der Waals surface area contributed by atoms with Gasteiger partial charge in [-0.1, -0.05) is 0 Å². The summed E-state index contributed by atoms with van der Waals surface area (Å²) >= 11 is 3.26. The Morgan fingerprint density at radius 2 is 2.60 bits per heavy atom. The van der Waals surface area contributed by atoms with Crippen LogP contribution in [0.2, 0.25) is 0 Å². The number of hydrogen-bond donors (Lipinski definition) is 1. The van der Waals surface area contributed by atoms with E-state index in [0.717, 1.165) is 16.7 Å². The summed E-state index contributed by atoms with van der Waals surface area (Å²) in [7, 11) is 0. The van der Waals surface area contributed by atoms with Crippen molar-refractivity contribution >= 4 is 21.6 Å². The fourth-order valence-corrected chi connectivity index (χ4v) is 0.940. The van der Waals surface area contributed by atoms with Crippen molar-refractivity contribution in [3.05, 3.63) is 10.7 Å². The van der Waals surface area contributed by atoms with E-state index in [0.29, 0.717) is 13.2 Å². The van der Waals surface area contributed by atoms with Crippen LogP contribution in [-0.4, -0.2) is 25.5 Å². The molecule has 0 atom stereocenters. The first-order chi connectivity index (χ1) is 4.84. The highest BCUT2D eigenvalue weighted by Crippen LogP contribution is 2.08. The highest BCUT2D eigenvalue weighted by atomic mass is 79.9. The Balaban J connectivity index is 2.62. The molecule has 2 N–H and O–H groups in total. The molecule has 1 rings (SSSR count). The van der Waals surface area contributed by atoms with Crippen LogP contribution in [0.15, 0.2) is 15.7 Å². The van der Waals surface area contributed by atoms with Crippen LogP contribution in [0.25, 0.3) is 0 Å². The van der Waals surface area contributed by atoms with Crippen molar-refractivity contribution in [3.8, 4) is 0 Å². The molecule has 0 amide bonds. The minimum atomic E-state index is 0.564. The van der Waals surface area contributed by atoms with Gasteiger partial charge in [0.05, 0.1) is 30.0 Å². The Morgan fingerprint density at radius 3 is 3.10 bits per heavy atom. The maximum atomic E-state index is 5.26. The minimum absolute atomic E-state index is 0.564. The van der Waals surface area contributed by atoms with Crippen molar-refractivity contribution in [2.45, 2.75) is 0 Å². The zero-order valence-electron chi connectivity index (χ0n) is 5.51. The van der Waals surface area contributed by atoms with Gasteiger partial charge in [-0.25, -0.2) is 0 Å². The molecule has 0 aliphatic carbocycles. The van der Waals surface area contributed by atoms with E-state index >= 15 is 0 Å². The summed E-state index contributed by atoms with van der Waals surface area (Å²) in [5.74, 6) is 0. The molecule has 0 saturated carbocycles. The van der Waals surface area contributed by atoms with Crippen molar-refractivity contribution < 1.29 is 4.74 Å². The summed E-state index contributed by atoms with van der Waals surface area (Å²) in [6.07, 6.45) is 1.48. The largest absolute Gasteiger partial charge is 0.404 e. The van der Waals surface area contributed by atoms with E-state index in [1.165, 1.54) is 6.20 Å². The third kappa shape index (κ3) is 1.82. The summed E-state index contributed by atoms with van der Waals surface area (Å²) in [5.41, 5.74) is 6.15. The predicted octanol–water partition coefficient (Wildman–Crippen LogP) is 0.653. The van der Waals surface area contributed by atoms with Crippen LogP contribution in [0.3, 0.4) is 0 Å². The lowest BCUT2D eigenvalue weighted by molar-refractivity contribution is 0.171. The lowest BCUT2D eigenvalue weighted by Crippen LogP contribution is -2.18. The molecule has 0 saturated heterocycles. The van der Waals surface area contributed by atoms with Crippen LogP contribution in [0, 0.1) is 0 Å². The van der Waals surface area contributed by atoms with Gasteiger partial charge in [-0.2, -0.15) is 0 Å². The second kappa shape index (κ2) is 3.73. The average Bonchev–Trinajstić information content (AvgIpc) is 2.05. The first kappa shape index (κ1) is 7.75. The molecular formula is C6H9BrN2O. The minimum Gasteiger partial charge on any atom is -0.404 e. The maximum absolute atomic E-state index is 5.26. The topological polar surface area (TPSA) is 47.6 Å². The fourth-order valence-electron chi connectivity index (χ4n) is 0.700. The van der Waals surface area contributed by atoms with Gasteiger partial charge in [0.25, 0.3) is 0 Å². The van der Waals surface area contributed by atoms with Gasteiger partial charge in [0.15, 0.2) is 0 Å². The lowest BCUT2D eigenvalue weighted by Gasteiger charge is -2.11. The van der Waals surface area contributed by atoms with Gasteiger partial charge in [-0.05, 0) is 15.9 Å². The maximum Gasteiger partial charge on any atom is 0.0896 e. The second-order valence-electron chi connectivity index (χ2n) is 1.90. The summed E-state index contributed by atoms with van der Waals surface area (Å²) in [5, 5.41) is 0. The van der Waals surface area contributed by atoms with E-state index in [9.17, 15) is 0 Å². The van der Waals surface area contributed by atoms with Crippen molar-refractivity contribution in [1.82, 2.24) is 0 Å². The number of nitrogens with zero attached hydrogens (tertiary/aromatic N) is 1. The van der Waals surface area contributed by atoms with Crippen LogP contribution in [0.4, 0.5) is 0 Å². The van der Waals surface area contributed by atoms with Crippen molar-refractivity contribution in [3.63, 3.8) is 0 Å². The van der Waals surface area contributed by atoms with E-state index in [2.05, 4.69) is 20.9 Å². The van der Waals surface area contributed by atoms with Crippen molar-refractivity contribution in [2.24, 2.45) is 10.7 Å². The summed E-state index contributed by atoms with van der Waals surface area (Å²) in [4.78, 5) is 4.20. The van der Waals surface area contributed by atoms with Gasteiger partial charge in [0, 0.05) is 6.20 Å². The van der Waals surface area contributed by atoms with Gasteiger partial charge in [-0.15, -0.1) is 0 Å². The van der Waals surface area contributed by atoms with Crippen LogP contribution < -0.4 is 5.73 Å². The zero-order valence-corrected chi connectivity index (χ0v) is 7.10. The molecule has 3 nitrogen and oxygen atoms in total. The molecular weight excluding hydrogens is 196 g/mol. The van der Waals surface area contributed by atoms with Crippen LogP contribution in [0.5, 0.6) is 0 Å². The Morgan fingerprint density at radius 1 is 1.80 bits per heavy atom. The standard InChI is InChI=1S/C6H9BrN2O/c7-5(3-8)6-4-10-2-1-9-6/h3H,1-2,4,8H2. The number of aliphatic imine (C=N–C) groups is 1. The van der Waals surface area contributed by atoms with E-state index in [1.807, 2.05) is 0 Å². The van der Waals surface area contributed by atoms with E-state index in [4.69, 9.17) is 10.5 Å². The summed E-state index contributed by atoms with van der Waals surface area (Å²) in [6, 6.07) is 0. The number of nitrogens with two attached hydrogens (primary N) is 1. The van der Waals surface area contributed by atoms with Crippen molar-refractivity contribution in [1.29, 1.82) is 0 Å². The number of rotatable bonds is 1. The van der Waals surface area contributed by atoms with Gasteiger partial charge in [-0.3, -0.25) is 4.99 Å². The normalized spacial score (nSPS) is 20.5. The Labute approximate surface area is 68.1 Å². The molecule has 0 radical (unpaired) electrons. The zero-order chi connectivity index (χ0) is 7.40. The van der Waals surface area contributed by atoms with Crippen LogP contribution in [-0.2, 0) is 4.74 Å². The fraction of sp³-hybridized carbons (Fsp3) is 0.500. The number of halogens is 1. The van der Waals surface area contributed by atoms with Crippen LogP contribution in [0.1, 0.15) is 0 Å². The Bertz CT molecular complexity index is 177. The molecule has 0 aromatic heterocycles. The molecule has 1 aliphatic heterocycles. The molecule has 56 valence electrons. The van der Waals surface area contributed by atoms with Gasteiger partial charge < -0.3 is 10.5 Å². The van der Waals surface area contributed by atoms with Gasteiger partial charge >= 0.3 is 0 Å². The highest BCUT2D eigenvalue weighted by molar-refractivity contribution is 9.12. The molecule has 0 aromatic carbocycles. The first-order valence-electron chi connectivity index (χ1n) is 3.03. The van der Waals surface area contributed by atoms with Gasteiger partial charge in [0.2, 0.25) is 0 Å². The molecule has 10 heavy (non-hydrogen) atoms. The Kier molecular flexibility index (Phi) is 2.89. The monoisotopic (exact) mass is 204 g/mol. The molecule has 1 heterocycles. The SMILES string of the molecule is NC=C(Br)C1=NCCOC1. The second-order valence-corrected chi connectivity index (χ2v) is 2.75. The van der Waals surface area contributed by atoms with E-state index in [1.54, 1.807) is 0 Å². The Hall–Kier alpha value is -0.350. The van der Waals surface area contributed by atoms with Crippen LogP contribution >= 0.6 is 15.9 Å². The van der Waals surface area contributed by atoms with E-state index < -0.39 is 0 Å². The molecule has 0 aromatic rings. The lowest BCUT2D eigenvalue weighted by atomic mass is 10.3. The molecule has 1 aliphatic rings. The third-order valence-corrected chi connectivity index (χ3v) is 1.92. The molecule has 0 spiro atoms. The summed E-state index contributed by atoms with van der Waals surface area (Å²) in [6.45, 7) is 2.01. The smallest absolute Gasteiger partial charge is 0.0896 e. The third-order valence-electron chi connectivity index (χ3n) is 1.20. The molecule has 0 unspecified atom stereocenters. The summed E-state index contributed by atoms with van der Waals surface area (Å²) < 4.78 is 5.97. The van der Waals surface area contributed by atoms with Gasteiger partial charge in [0.1, 0.15) is 0 Å². The highest BCUT2D eigenvalue weighted by Gasteiger charge is 2.06. The molecule has 0 fully saturated rings. The average molecular weight is 205 g/mol. The molecule has 0 bridgehead atoms. The molecule has 4 heteroatoms. The van der Waals surface area contributed by atoms with Crippen molar-refractivity contribution in [2.75, 3.05) is 19.8 Å². The number of ether oxygens (including phenoxy) is 1. The first-order valence-corrected chi connectivity index (χ1v) is 3.82.